The second-order valence-corrected chi connectivity index (χ2v) is 6.45. The van der Waals surface area contributed by atoms with Gasteiger partial charge in [0.05, 0.1) is 28.4 Å². The third kappa shape index (κ3) is 2.95. The van der Waals surface area contributed by atoms with Crippen molar-refractivity contribution >= 4 is 23.1 Å². The van der Waals surface area contributed by atoms with Crippen LogP contribution in [0, 0.1) is 6.92 Å². The summed E-state index contributed by atoms with van der Waals surface area (Å²) in [5.74, 6) is 0.595. The molecule has 0 bridgehead atoms. The Morgan fingerprint density at radius 3 is 3.05 bits per heavy atom. The van der Waals surface area contributed by atoms with Crippen molar-refractivity contribution in [3.63, 3.8) is 0 Å². The Morgan fingerprint density at radius 1 is 1.55 bits per heavy atom. The molecule has 0 saturated carbocycles. The van der Waals surface area contributed by atoms with Crippen molar-refractivity contribution in [3.05, 3.63) is 39.5 Å². The van der Waals surface area contributed by atoms with Crippen LogP contribution in [-0.4, -0.2) is 33.6 Å². The summed E-state index contributed by atoms with van der Waals surface area (Å²) >= 11 is 1.50. The largest absolute Gasteiger partial charge is 0.391 e. The zero-order valence-electron chi connectivity index (χ0n) is 12.5. The lowest BCUT2D eigenvalue weighted by Crippen LogP contribution is -2.35. The number of thiazole rings is 1. The van der Waals surface area contributed by atoms with Gasteiger partial charge >= 0.3 is 0 Å². The van der Waals surface area contributed by atoms with E-state index in [2.05, 4.69) is 20.6 Å². The van der Waals surface area contributed by atoms with E-state index in [1.807, 2.05) is 18.4 Å². The second-order valence-electron chi connectivity index (χ2n) is 5.39. The molecular weight excluding hydrogens is 300 g/mol. The number of anilines is 1. The maximum atomic E-state index is 12.4. The molecule has 2 unspecified atom stereocenters. The highest BCUT2D eigenvalue weighted by molar-refractivity contribution is 7.09. The van der Waals surface area contributed by atoms with Crippen LogP contribution in [0.5, 0.6) is 0 Å². The number of nitrogens with zero attached hydrogens (tertiary/aromatic N) is 2. The molecule has 0 aliphatic carbocycles. The van der Waals surface area contributed by atoms with E-state index in [4.69, 9.17) is 0 Å². The van der Waals surface area contributed by atoms with Gasteiger partial charge in [-0.05, 0) is 31.9 Å². The molecule has 0 radical (unpaired) electrons. The number of fused-ring (bicyclic) bond motifs is 1. The molecule has 1 aliphatic heterocycles. The Morgan fingerprint density at radius 2 is 2.36 bits per heavy atom. The second kappa shape index (κ2) is 6.02. The predicted octanol–water partition coefficient (Wildman–Crippen LogP) is 1.67. The fourth-order valence-electron chi connectivity index (χ4n) is 2.49. The summed E-state index contributed by atoms with van der Waals surface area (Å²) in [6.45, 7) is 4.39. The summed E-state index contributed by atoms with van der Waals surface area (Å²) in [5.41, 5.74) is 2.23. The van der Waals surface area contributed by atoms with Gasteiger partial charge in [0.15, 0.2) is 0 Å². The van der Waals surface area contributed by atoms with Crippen LogP contribution in [0.25, 0.3) is 0 Å². The molecule has 1 aliphatic rings. The van der Waals surface area contributed by atoms with Gasteiger partial charge in [0, 0.05) is 18.1 Å². The van der Waals surface area contributed by atoms with Crippen LogP contribution in [0.15, 0.2) is 17.6 Å². The molecule has 2 atom stereocenters. The number of carbonyl (C=O) groups excluding carboxylic acids is 1. The number of hydrogen-bond donors (Lipinski definition) is 3. The van der Waals surface area contributed by atoms with Crippen molar-refractivity contribution < 1.29 is 9.90 Å². The average Bonchev–Trinajstić information content (AvgIpc) is 3.11. The highest BCUT2D eigenvalue weighted by Crippen LogP contribution is 2.22. The van der Waals surface area contributed by atoms with E-state index in [9.17, 15) is 9.90 Å². The Bertz CT molecular complexity index is 699. The number of carbonyl (C=O) groups is 1. The first-order valence-electron chi connectivity index (χ1n) is 7.18. The number of aromatic nitrogens is 2. The third-order valence-corrected chi connectivity index (χ3v) is 4.43. The fourth-order valence-corrected chi connectivity index (χ4v) is 3.14. The molecule has 0 fully saturated rings. The number of hydrogen-bond acceptors (Lipinski definition) is 6. The maximum absolute atomic E-state index is 12.4. The van der Waals surface area contributed by atoms with Crippen molar-refractivity contribution in [1.82, 2.24) is 15.3 Å². The molecule has 2 aromatic rings. The molecule has 6 nitrogen and oxygen atoms in total. The standard InChI is InChI=1S/C15H18N4O2S/c1-8(20)13(12-7-22-9(2)18-12)19-15(21)11-5-10-3-4-16-14(10)17-6-11/h5-8,13,20H,3-4H2,1-2H3,(H,16,17)(H,19,21). The zero-order chi connectivity index (χ0) is 15.7. The van der Waals surface area contributed by atoms with Gasteiger partial charge in [0.25, 0.3) is 5.91 Å². The molecule has 0 spiro atoms. The van der Waals surface area contributed by atoms with E-state index in [0.29, 0.717) is 11.3 Å². The number of aryl methyl sites for hydroxylation is 1. The lowest BCUT2D eigenvalue weighted by molar-refractivity contribution is 0.0854. The number of amides is 1. The van der Waals surface area contributed by atoms with E-state index < -0.39 is 12.1 Å². The summed E-state index contributed by atoms with van der Waals surface area (Å²) in [6.07, 6.45) is 1.70. The smallest absolute Gasteiger partial charge is 0.253 e. The molecule has 3 heterocycles. The summed E-state index contributed by atoms with van der Waals surface area (Å²) in [4.78, 5) is 21.0. The summed E-state index contributed by atoms with van der Waals surface area (Å²) in [6, 6.07) is 1.33. The van der Waals surface area contributed by atoms with Gasteiger partial charge < -0.3 is 15.7 Å². The van der Waals surface area contributed by atoms with Crippen LogP contribution < -0.4 is 10.6 Å². The Kier molecular flexibility index (Phi) is 4.08. The Hall–Kier alpha value is -1.99. The molecule has 116 valence electrons. The highest BCUT2D eigenvalue weighted by atomic mass is 32.1. The van der Waals surface area contributed by atoms with Crippen LogP contribution in [0.1, 0.15) is 39.6 Å². The molecule has 3 rings (SSSR count). The maximum Gasteiger partial charge on any atom is 0.253 e. The van der Waals surface area contributed by atoms with Gasteiger partial charge in [-0.15, -0.1) is 11.3 Å². The van der Waals surface area contributed by atoms with Gasteiger partial charge in [-0.1, -0.05) is 0 Å². The van der Waals surface area contributed by atoms with E-state index >= 15 is 0 Å². The van der Waals surface area contributed by atoms with Gasteiger partial charge in [0.1, 0.15) is 5.82 Å². The van der Waals surface area contributed by atoms with Gasteiger partial charge in [0.2, 0.25) is 0 Å². The predicted molar refractivity (Wildman–Crippen MR) is 85.2 cm³/mol. The molecule has 3 N–H and O–H groups in total. The molecule has 2 aromatic heterocycles. The summed E-state index contributed by atoms with van der Waals surface area (Å²) in [7, 11) is 0. The van der Waals surface area contributed by atoms with Crippen molar-refractivity contribution in [2.75, 3.05) is 11.9 Å². The van der Waals surface area contributed by atoms with Gasteiger partial charge in [-0.2, -0.15) is 0 Å². The van der Waals surface area contributed by atoms with E-state index in [1.54, 1.807) is 13.1 Å². The number of nitrogens with one attached hydrogen (secondary N) is 2. The topological polar surface area (TPSA) is 87.1 Å². The molecule has 1 amide bonds. The minimum atomic E-state index is -0.727. The first kappa shape index (κ1) is 14.9. The van der Waals surface area contributed by atoms with E-state index in [-0.39, 0.29) is 5.91 Å². The summed E-state index contributed by atoms with van der Waals surface area (Å²) in [5, 5.41) is 18.7. The van der Waals surface area contributed by atoms with Crippen LogP contribution in [0.4, 0.5) is 5.82 Å². The fraction of sp³-hybridized carbons (Fsp3) is 0.400. The Labute approximate surface area is 132 Å². The monoisotopic (exact) mass is 318 g/mol. The number of rotatable bonds is 4. The Balaban J connectivity index is 1.79. The lowest BCUT2D eigenvalue weighted by Gasteiger charge is -2.19. The van der Waals surface area contributed by atoms with Crippen LogP contribution in [0.2, 0.25) is 0 Å². The lowest BCUT2D eigenvalue weighted by atomic mass is 10.1. The molecule has 22 heavy (non-hydrogen) atoms. The van der Waals surface area contributed by atoms with Crippen molar-refractivity contribution in [3.8, 4) is 0 Å². The number of aliphatic hydroxyl groups excluding tert-OH is 1. The minimum Gasteiger partial charge on any atom is -0.391 e. The highest BCUT2D eigenvalue weighted by Gasteiger charge is 2.23. The van der Waals surface area contributed by atoms with Crippen molar-refractivity contribution in [2.45, 2.75) is 32.4 Å². The van der Waals surface area contributed by atoms with Gasteiger partial charge in [-0.3, -0.25) is 4.79 Å². The average molecular weight is 318 g/mol. The number of pyridine rings is 1. The molecule has 0 saturated heterocycles. The first-order chi connectivity index (χ1) is 10.5. The minimum absolute atomic E-state index is 0.251. The first-order valence-corrected chi connectivity index (χ1v) is 8.06. The third-order valence-electron chi connectivity index (χ3n) is 3.64. The summed E-state index contributed by atoms with van der Waals surface area (Å²) < 4.78 is 0. The molecule has 0 aromatic carbocycles. The van der Waals surface area contributed by atoms with Crippen molar-refractivity contribution in [2.24, 2.45) is 0 Å². The van der Waals surface area contributed by atoms with Gasteiger partial charge in [-0.25, -0.2) is 9.97 Å². The van der Waals surface area contributed by atoms with E-state index in [0.717, 1.165) is 29.4 Å². The van der Waals surface area contributed by atoms with Crippen LogP contribution in [0.3, 0.4) is 0 Å². The molecular formula is C15H18N4O2S. The quantitative estimate of drug-likeness (QED) is 0.798. The van der Waals surface area contributed by atoms with Crippen LogP contribution >= 0.6 is 11.3 Å². The zero-order valence-corrected chi connectivity index (χ0v) is 13.3. The van der Waals surface area contributed by atoms with Crippen molar-refractivity contribution in [1.29, 1.82) is 0 Å². The SMILES string of the molecule is Cc1nc(C(NC(=O)c2cnc3c(c2)CCN3)C(C)O)cs1. The normalized spacial score (nSPS) is 15.8. The molecule has 7 heteroatoms. The number of aliphatic hydroxyl groups is 1. The van der Waals surface area contributed by atoms with E-state index in [1.165, 1.54) is 11.3 Å². The van der Waals surface area contributed by atoms with Crippen LogP contribution in [-0.2, 0) is 6.42 Å².